The van der Waals surface area contributed by atoms with Crippen LogP contribution in [0.5, 0.6) is 5.75 Å². The van der Waals surface area contributed by atoms with Gasteiger partial charge in [-0.25, -0.2) is 8.42 Å². The first kappa shape index (κ1) is 20.2. The maximum Gasteiger partial charge on any atom is 0.254 e. The molecule has 0 bridgehead atoms. The van der Waals surface area contributed by atoms with Crippen LogP contribution in [-0.4, -0.2) is 52.5 Å². The molecule has 1 saturated heterocycles. The summed E-state index contributed by atoms with van der Waals surface area (Å²) < 4.78 is 29.2. The summed E-state index contributed by atoms with van der Waals surface area (Å²) in [5, 5.41) is 1.16. The second-order valence-electron chi connectivity index (χ2n) is 6.54. The Morgan fingerprint density at radius 3 is 2.32 bits per heavy atom. The van der Waals surface area contributed by atoms with Crippen molar-refractivity contribution in [2.24, 2.45) is 0 Å². The average molecular weight is 421 g/mol. The van der Waals surface area contributed by atoms with E-state index in [0.717, 1.165) is 29.9 Å². The van der Waals surface area contributed by atoms with Crippen molar-refractivity contribution in [1.29, 1.82) is 0 Å². The minimum Gasteiger partial charge on any atom is -0.497 e. The Bertz CT molecular complexity index is 1010. The number of halogens is 1. The summed E-state index contributed by atoms with van der Waals surface area (Å²) in [6.45, 7) is 2.62. The van der Waals surface area contributed by atoms with Gasteiger partial charge in [-0.05, 0) is 42.5 Å². The van der Waals surface area contributed by atoms with Gasteiger partial charge in [0.1, 0.15) is 5.75 Å². The fraction of sp³-hybridized carbons (Fsp3) is 0.250. The molecule has 2 aromatic carbocycles. The summed E-state index contributed by atoms with van der Waals surface area (Å²) in [5.41, 5.74) is 2.04. The average Bonchev–Trinajstić information content (AvgIpc) is 3.03. The molecule has 0 spiro atoms. The minimum absolute atomic E-state index is 0. The highest BCUT2D eigenvalue weighted by Gasteiger charge is 2.28. The van der Waals surface area contributed by atoms with Gasteiger partial charge in [-0.15, -0.1) is 12.4 Å². The zero-order valence-electron chi connectivity index (χ0n) is 15.4. The van der Waals surface area contributed by atoms with Gasteiger partial charge in [0, 0.05) is 48.4 Å². The lowest BCUT2D eigenvalue weighted by Gasteiger charge is -2.36. The third-order valence-corrected chi connectivity index (χ3v) is 6.48. The summed E-state index contributed by atoms with van der Waals surface area (Å²) in [4.78, 5) is 17.2. The number of hydrogen-bond acceptors (Lipinski definition) is 5. The van der Waals surface area contributed by atoms with Crippen LogP contribution >= 0.6 is 12.4 Å². The van der Waals surface area contributed by atoms with Crippen LogP contribution in [0.15, 0.2) is 52.8 Å². The highest BCUT2D eigenvalue weighted by Crippen LogP contribution is 2.30. The van der Waals surface area contributed by atoms with Crippen LogP contribution in [0.2, 0.25) is 0 Å². The van der Waals surface area contributed by atoms with E-state index in [0.29, 0.717) is 24.2 Å². The fourth-order valence-electron chi connectivity index (χ4n) is 3.51. The highest BCUT2D eigenvalue weighted by atomic mass is 35.5. The first-order chi connectivity index (χ1) is 13.0. The van der Waals surface area contributed by atoms with E-state index in [9.17, 15) is 13.2 Å². The number of anilines is 1. The molecule has 2 aliphatic rings. The Morgan fingerprint density at radius 2 is 1.68 bits per heavy atom. The molecule has 8 heteroatoms. The van der Waals surface area contributed by atoms with Gasteiger partial charge < -0.3 is 14.5 Å². The van der Waals surface area contributed by atoms with Gasteiger partial charge in [0.05, 0.1) is 12.0 Å². The molecule has 0 radical (unpaired) electrons. The number of fused-ring (bicyclic) bond motifs is 1. The molecule has 2 aromatic rings. The van der Waals surface area contributed by atoms with Crippen LogP contribution < -0.4 is 9.64 Å². The lowest BCUT2D eigenvalue weighted by Crippen LogP contribution is -2.49. The van der Waals surface area contributed by atoms with Gasteiger partial charge in [0.2, 0.25) is 0 Å². The number of nitrogens with zero attached hydrogens (tertiary/aromatic N) is 2. The number of ether oxygens (including phenoxy) is 1. The van der Waals surface area contributed by atoms with Gasteiger partial charge in [0.25, 0.3) is 5.91 Å². The molecular formula is C20H21ClN2O4S. The molecule has 6 nitrogen and oxygen atoms in total. The van der Waals surface area contributed by atoms with Crippen LogP contribution in [0.1, 0.15) is 15.9 Å². The molecular weight excluding hydrogens is 400 g/mol. The van der Waals surface area contributed by atoms with Crippen LogP contribution in [0, 0.1) is 0 Å². The van der Waals surface area contributed by atoms with Crippen LogP contribution in [-0.2, 0) is 9.84 Å². The molecule has 148 valence electrons. The number of amides is 1. The third kappa shape index (κ3) is 3.59. The Labute approximate surface area is 170 Å². The quantitative estimate of drug-likeness (QED) is 0.763. The highest BCUT2D eigenvalue weighted by molar-refractivity contribution is 7.94. The van der Waals surface area contributed by atoms with Crippen molar-refractivity contribution in [3.05, 3.63) is 59.0 Å². The number of carbonyl (C=O) groups excluding carboxylic acids is 1. The molecule has 0 unspecified atom stereocenters. The van der Waals surface area contributed by atoms with E-state index in [-0.39, 0.29) is 23.2 Å². The zero-order chi connectivity index (χ0) is 19.0. The van der Waals surface area contributed by atoms with Crippen molar-refractivity contribution in [1.82, 2.24) is 4.90 Å². The van der Waals surface area contributed by atoms with E-state index < -0.39 is 9.84 Å². The molecule has 1 amide bonds. The zero-order valence-corrected chi connectivity index (χ0v) is 17.0. The number of carbonyl (C=O) groups is 1. The molecule has 0 atom stereocenters. The molecule has 4 rings (SSSR count). The predicted molar refractivity (Wildman–Crippen MR) is 111 cm³/mol. The smallest absolute Gasteiger partial charge is 0.254 e. The number of benzene rings is 2. The van der Waals surface area contributed by atoms with Crippen molar-refractivity contribution in [3.63, 3.8) is 0 Å². The second kappa shape index (κ2) is 7.85. The SMILES string of the molecule is COc1ccc(N2CCN(C(=O)c3cccc4c3C=CS4(=O)=O)CC2)cc1.Cl. The van der Waals surface area contributed by atoms with Crippen molar-refractivity contribution in [2.45, 2.75) is 4.90 Å². The van der Waals surface area contributed by atoms with Gasteiger partial charge in [-0.3, -0.25) is 4.79 Å². The van der Waals surface area contributed by atoms with Crippen LogP contribution in [0.4, 0.5) is 5.69 Å². The van der Waals surface area contributed by atoms with Gasteiger partial charge in [0.15, 0.2) is 9.84 Å². The Hall–Kier alpha value is -2.51. The second-order valence-corrected chi connectivity index (χ2v) is 8.34. The van der Waals surface area contributed by atoms with Gasteiger partial charge in [-0.1, -0.05) is 6.07 Å². The Balaban J connectivity index is 0.00000225. The van der Waals surface area contributed by atoms with E-state index >= 15 is 0 Å². The summed E-state index contributed by atoms with van der Waals surface area (Å²) in [6, 6.07) is 12.7. The summed E-state index contributed by atoms with van der Waals surface area (Å²) in [7, 11) is -1.77. The van der Waals surface area contributed by atoms with Crippen molar-refractivity contribution < 1.29 is 17.9 Å². The molecule has 0 aliphatic carbocycles. The van der Waals surface area contributed by atoms with E-state index in [1.807, 2.05) is 24.3 Å². The van der Waals surface area contributed by atoms with E-state index in [4.69, 9.17) is 4.74 Å². The van der Waals surface area contributed by atoms with Gasteiger partial charge >= 0.3 is 0 Å². The van der Waals surface area contributed by atoms with Crippen LogP contribution in [0.3, 0.4) is 0 Å². The summed E-state index contributed by atoms with van der Waals surface area (Å²) in [6.07, 6.45) is 1.52. The molecule has 0 N–H and O–H groups in total. The number of hydrogen-bond donors (Lipinski definition) is 0. The predicted octanol–water partition coefficient (Wildman–Crippen LogP) is 2.84. The lowest BCUT2D eigenvalue weighted by molar-refractivity contribution is 0.0746. The molecule has 0 aromatic heterocycles. The van der Waals surface area contributed by atoms with E-state index in [1.54, 1.807) is 30.2 Å². The van der Waals surface area contributed by atoms with E-state index in [1.165, 1.54) is 6.08 Å². The summed E-state index contributed by atoms with van der Waals surface area (Å²) in [5.74, 6) is 0.691. The van der Waals surface area contributed by atoms with Crippen molar-refractivity contribution in [3.8, 4) is 5.75 Å². The number of rotatable bonds is 3. The van der Waals surface area contributed by atoms with Crippen LogP contribution in [0.25, 0.3) is 6.08 Å². The monoisotopic (exact) mass is 420 g/mol. The normalized spacial score (nSPS) is 17.0. The summed E-state index contributed by atoms with van der Waals surface area (Å²) >= 11 is 0. The number of sulfone groups is 1. The van der Waals surface area contributed by atoms with Gasteiger partial charge in [-0.2, -0.15) is 0 Å². The molecule has 0 saturated carbocycles. The topological polar surface area (TPSA) is 66.9 Å². The Kier molecular flexibility index (Phi) is 5.67. The lowest BCUT2D eigenvalue weighted by atomic mass is 10.1. The molecule has 1 fully saturated rings. The molecule has 2 heterocycles. The van der Waals surface area contributed by atoms with Crippen molar-refractivity contribution >= 4 is 39.9 Å². The maximum atomic E-state index is 13.0. The maximum absolute atomic E-state index is 13.0. The fourth-order valence-corrected chi connectivity index (χ4v) is 4.73. The number of methoxy groups -OCH3 is 1. The third-order valence-electron chi connectivity index (χ3n) is 5.02. The standard InChI is InChI=1S/C20H20N2O4S.ClH/c1-26-16-7-5-15(6-8-16)21-10-12-22(13-11-21)20(23)18-3-2-4-19-17(18)9-14-27(19,24)25;/h2-9,14H,10-13H2,1H3;1H. The minimum atomic E-state index is -3.41. The molecule has 2 aliphatic heterocycles. The number of piperazine rings is 1. The first-order valence-electron chi connectivity index (χ1n) is 8.74. The van der Waals surface area contributed by atoms with Crippen molar-refractivity contribution in [2.75, 3.05) is 38.2 Å². The largest absolute Gasteiger partial charge is 0.497 e. The Morgan fingerprint density at radius 1 is 1.00 bits per heavy atom. The van der Waals surface area contributed by atoms with E-state index in [2.05, 4.69) is 4.90 Å². The first-order valence-corrected chi connectivity index (χ1v) is 10.3. The molecule has 28 heavy (non-hydrogen) atoms.